The highest BCUT2D eigenvalue weighted by atomic mass is 32.1. The van der Waals surface area contributed by atoms with E-state index in [1.165, 1.54) is 34.4 Å². The number of carbonyl (C=O) groups excluding carboxylic acids is 1. The molecule has 1 amide bonds. The minimum absolute atomic E-state index is 0.000993. The Kier molecular flexibility index (Phi) is 6.78. The zero-order valence-electron chi connectivity index (χ0n) is 18.6. The van der Waals surface area contributed by atoms with Gasteiger partial charge in [0.25, 0.3) is 0 Å². The highest BCUT2D eigenvalue weighted by Gasteiger charge is 2.38. The number of nitrogens with zero attached hydrogens (tertiary/aromatic N) is 3. The molecule has 2 aromatic rings. The van der Waals surface area contributed by atoms with Crippen molar-refractivity contribution in [1.29, 1.82) is 5.26 Å². The van der Waals surface area contributed by atoms with E-state index in [-0.39, 0.29) is 36.7 Å². The van der Waals surface area contributed by atoms with Gasteiger partial charge >= 0.3 is 6.18 Å². The molecule has 1 aromatic carbocycles. The quantitative estimate of drug-likeness (QED) is 0.581. The number of hydrogen-bond acceptors (Lipinski definition) is 6. The van der Waals surface area contributed by atoms with Crippen LogP contribution in [0.3, 0.4) is 0 Å². The highest BCUT2D eigenvalue weighted by Crippen LogP contribution is 2.42. The predicted molar refractivity (Wildman–Crippen MR) is 125 cm³/mol. The summed E-state index contributed by atoms with van der Waals surface area (Å²) in [6.07, 6.45) is -1.00. The highest BCUT2D eigenvalue weighted by molar-refractivity contribution is 7.12. The lowest BCUT2D eigenvalue weighted by molar-refractivity contribution is -0.127. The number of halogens is 4. The van der Waals surface area contributed by atoms with Gasteiger partial charge in [0.2, 0.25) is 5.91 Å². The van der Waals surface area contributed by atoms with Crippen LogP contribution in [0.15, 0.2) is 47.1 Å². The van der Waals surface area contributed by atoms with Crippen LogP contribution in [-0.4, -0.2) is 49.4 Å². The number of alkyl halides is 3. The van der Waals surface area contributed by atoms with Crippen molar-refractivity contribution in [2.45, 2.75) is 24.7 Å². The van der Waals surface area contributed by atoms with Crippen LogP contribution in [0, 0.1) is 17.1 Å². The van der Waals surface area contributed by atoms with E-state index in [1.807, 2.05) is 0 Å². The smallest absolute Gasteiger partial charge is 0.394 e. The number of nitrogens with one attached hydrogen (secondary N) is 1. The van der Waals surface area contributed by atoms with Gasteiger partial charge in [0, 0.05) is 46.8 Å². The Morgan fingerprint density at radius 2 is 2.11 bits per heavy atom. The van der Waals surface area contributed by atoms with Crippen LogP contribution < -0.4 is 11.1 Å². The first kappa shape index (κ1) is 24.6. The van der Waals surface area contributed by atoms with Crippen molar-refractivity contribution in [3.05, 3.63) is 74.4 Å². The van der Waals surface area contributed by atoms with Crippen LogP contribution in [0.1, 0.15) is 32.4 Å². The molecule has 35 heavy (non-hydrogen) atoms. The molecular weight excluding hydrogens is 482 g/mol. The maximum absolute atomic E-state index is 15.3. The normalized spacial score (nSPS) is 22.7. The minimum atomic E-state index is -4.92. The van der Waals surface area contributed by atoms with Crippen molar-refractivity contribution >= 4 is 29.0 Å². The standard InChI is InChI=1S/C24H21F4N5OS/c1-31-13-5-6-21(34)33-11-18(16-7-14(8-29)35-20(16)12-33)15-3-2-4-19(25)22(15)17(10-32-9-13)23(30)24(26,27)28/h2-7,10,13,18,31H,9,11-12,30H2,1H3/b6-5+,23-17?,32-10?/t13?,18-/m0/s1. The third kappa shape index (κ3) is 4.85. The van der Waals surface area contributed by atoms with Gasteiger partial charge in [0.05, 0.1) is 13.1 Å². The zero-order valence-corrected chi connectivity index (χ0v) is 19.4. The topological polar surface area (TPSA) is 94.5 Å². The second-order valence-electron chi connectivity index (χ2n) is 8.15. The number of allylic oxidation sites excluding steroid dienone is 2. The molecule has 0 radical (unpaired) electrons. The van der Waals surface area contributed by atoms with E-state index in [9.17, 15) is 23.2 Å². The van der Waals surface area contributed by atoms with E-state index in [1.54, 1.807) is 19.2 Å². The Labute approximate surface area is 203 Å². The predicted octanol–water partition coefficient (Wildman–Crippen LogP) is 3.69. The molecule has 11 heteroatoms. The molecule has 3 N–H and O–H groups in total. The molecule has 2 aliphatic heterocycles. The molecule has 6 nitrogen and oxygen atoms in total. The average molecular weight is 504 g/mol. The monoisotopic (exact) mass is 503 g/mol. The molecular formula is C24H21F4N5OS. The summed E-state index contributed by atoms with van der Waals surface area (Å²) in [6.45, 7) is 0.329. The van der Waals surface area contributed by atoms with Gasteiger partial charge in [0.1, 0.15) is 22.5 Å². The van der Waals surface area contributed by atoms with Crippen molar-refractivity contribution in [2.75, 3.05) is 20.1 Å². The zero-order chi connectivity index (χ0) is 25.3. The van der Waals surface area contributed by atoms with Gasteiger partial charge in [-0.2, -0.15) is 18.4 Å². The van der Waals surface area contributed by atoms with Gasteiger partial charge in [-0.25, -0.2) is 4.39 Å². The van der Waals surface area contributed by atoms with Crippen molar-refractivity contribution in [3.63, 3.8) is 0 Å². The number of thiophene rings is 1. The summed E-state index contributed by atoms with van der Waals surface area (Å²) < 4.78 is 56.5. The molecule has 0 spiro atoms. The Morgan fingerprint density at radius 1 is 1.34 bits per heavy atom. The van der Waals surface area contributed by atoms with E-state index >= 15 is 4.39 Å². The third-order valence-corrected chi connectivity index (χ3v) is 7.07. The maximum Gasteiger partial charge on any atom is 0.431 e. The number of nitriles is 1. The molecule has 2 aliphatic rings. The number of benzene rings is 1. The first-order valence-electron chi connectivity index (χ1n) is 10.7. The first-order valence-corrected chi connectivity index (χ1v) is 11.5. The Morgan fingerprint density at radius 3 is 2.80 bits per heavy atom. The fraction of sp³-hybridized carbons (Fsp3) is 0.292. The molecule has 182 valence electrons. The van der Waals surface area contributed by atoms with Crippen LogP contribution >= 0.6 is 11.3 Å². The van der Waals surface area contributed by atoms with Gasteiger partial charge in [-0.15, -0.1) is 11.3 Å². The van der Waals surface area contributed by atoms with Crippen molar-refractivity contribution in [1.82, 2.24) is 10.2 Å². The number of amides is 1. The van der Waals surface area contributed by atoms with Gasteiger partial charge in [-0.1, -0.05) is 18.2 Å². The summed E-state index contributed by atoms with van der Waals surface area (Å²) in [5.74, 6) is -1.87. The lowest BCUT2D eigenvalue weighted by atomic mass is 9.83. The SMILES string of the molecule is CNC1/C=C/C(=O)N2Cc3sc(C#N)cc3[C@@H](C2)c2cccc(F)c2C(=C(N)C(F)(F)F)C=NC1. The Hall–Kier alpha value is -3.49. The maximum atomic E-state index is 15.3. The van der Waals surface area contributed by atoms with Gasteiger partial charge in [-0.3, -0.25) is 9.79 Å². The van der Waals surface area contributed by atoms with Gasteiger partial charge < -0.3 is 16.0 Å². The van der Waals surface area contributed by atoms with E-state index in [4.69, 9.17) is 5.73 Å². The molecule has 1 unspecified atom stereocenters. The fourth-order valence-electron chi connectivity index (χ4n) is 4.25. The molecule has 0 fully saturated rings. The van der Waals surface area contributed by atoms with E-state index in [2.05, 4.69) is 16.4 Å². The average Bonchev–Trinajstić information content (AvgIpc) is 3.25. The Balaban J connectivity index is 2.02. The second-order valence-corrected chi connectivity index (χ2v) is 9.29. The number of hydrogen-bond donors (Lipinski definition) is 2. The summed E-state index contributed by atoms with van der Waals surface area (Å²) in [5, 5.41) is 12.4. The number of aliphatic imine (C=N–C) groups is 1. The number of carbonyl (C=O) groups is 1. The minimum Gasteiger partial charge on any atom is -0.394 e. The van der Waals surface area contributed by atoms with Crippen molar-refractivity contribution < 1.29 is 22.4 Å². The van der Waals surface area contributed by atoms with Crippen LogP contribution in [0.25, 0.3) is 5.57 Å². The molecule has 0 aliphatic carbocycles. The summed E-state index contributed by atoms with van der Waals surface area (Å²) in [5.41, 5.74) is 4.06. The third-order valence-electron chi connectivity index (χ3n) is 6.03. The summed E-state index contributed by atoms with van der Waals surface area (Å²) in [6, 6.07) is 7.26. The Bertz CT molecular complexity index is 1290. The molecule has 4 rings (SSSR count). The number of nitrogens with two attached hydrogens (primary N) is 1. The summed E-state index contributed by atoms with van der Waals surface area (Å²) in [4.78, 5) is 19.8. The lowest BCUT2D eigenvalue weighted by Crippen LogP contribution is -2.37. The van der Waals surface area contributed by atoms with Gasteiger partial charge in [0.15, 0.2) is 0 Å². The molecule has 2 atom stereocenters. The van der Waals surface area contributed by atoms with E-state index in [0.29, 0.717) is 10.4 Å². The molecule has 2 bridgehead atoms. The van der Waals surface area contributed by atoms with Gasteiger partial charge in [-0.05, 0) is 30.3 Å². The van der Waals surface area contributed by atoms with Crippen molar-refractivity contribution in [2.24, 2.45) is 10.7 Å². The summed E-state index contributed by atoms with van der Waals surface area (Å²) in [7, 11) is 1.63. The van der Waals surface area contributed by atoms with Crippen LogP contribution in [0.4, 0.5) is 17.6 Å². The van der Waals surface area contributed by atoms with Crippen molar-refractivity contribution in [3.8, 4) is 6.07 Å². The van der Waals surface area contributed by atoms with E-state index < -0.39 is 35.2 Å². The lowest BCUT2D eigenvalue weighted by Gasteiger charge is -2.33. The van der Waals surface area contributed by atoms with Crippen LogP contribution in [0.5, 0.6) is 0 Å². The summed E-state index contributed by atoms with van der Waals surface area (Å²) >= 11 is 1.20. The number of fused-ring (bicyclic) bond motifs is 6. The number of likely N-dealkylation sites (N-methyl/N-ethyl adjacent to an activating group) is 1. The first-order chi connectivity index (χ1) is 16.6. The second kappa shape index (κ2) is 9.64. The molecule has 0 saturated carbocycles. The molecule has 1 aromatic heterocycles. The van der Waals surface area contributed by atoms with Crippen LogP contribution in [0.2, 0.25) is 0 Å². The largest absolute Gasteiger partial charge is 0.431 e. The van der Waals surface area contributed by atoms with Crippen LogP contribution in [-0.2, 0) is 11.3 Å². The molecule has 0 saturated heterocycles. The number of rotatable bonds is 1. The molecule has 3 heterocycles. The van der Waals surface area contributed by atoms with E-state index in [0.717, 1.165) is 17.2 Å². The fourth-order valence-corrected chi connectivity index (χ4v) is 5.29.